The summed E-state index contributed by atoms with van der Waals surface area (Å²) in [6.07, 6.45) is 5.89. The van der Waals surface area contributed by atoms with Crippen molar-refractivity contribution in [2.75, 3.05) is 24.2 Å². The van der Waals surface area contributed by atoms with Crippen LogP contribution in [0.2, 0.25) is 0 Å². The fourth-order valence-electron chi connectivity index (χ4n) is 3.50. The number of anilines is 2. The van der Waals surface area contributed by atoms with Gasteiger partial charge in [0.25, 0.3) is 0 Å². The summed E-state index contributed by atoms with van der Waals surface area (Å²) in [5, 5.41) is 1.21. The molecule has 2 saturated carbocycles. The van der Waals surface area contributed by atoms with Crippen molar-refractivity contribution < 1.29 is 0 Å². The van der Waals surface area contributed by atoms with Crippen LogP contribution >= 0.6 is 11.5 Å². The van der Waals surface area contributed by atoms with E-state index in [1.807, 2.05) is 6.07 Å². The molecule has 2 aliphatic carbocycles. The van der Waals surface area contributed by atoms with E-state index in [0.29, 0.717) is 5.82 Å². The van der Waals surface area contributed by atoms with E-state index in [2.05, 4.69) is 16.3 Å². The number of nitrogens with zero attached hydrogens (tertiary/aromatic N) is 2. The van der Waals surface area contributed by atoms with E-state index in [0.717, 1.165) is 17.8 Å². The third-order valence-electron chi connectivity index (χ3n) is 4.29. The average molecular weight is 237 g/mol. The topological polar surface area (TPSA) is 42.1 Å². The van der Waals surface area contributed by atoms with Crippen molar-refractivity contribution in [1.82, 2.24) is 4.37 Å². The summed E-state index contributed by atoms with van der Waals surface area (Å²) < 4.78 is 4.14. The Bertz CT molecular complexity index is 376. The molecule has 0 saturated heterocycles. The molecule has 0 spiro atoms. The molecular formula is C12H19N3S. The first-order valence-corrected chi connectivity index (χ1v) is 6.93. The lowest BCUT2D eigenvalue weighted by molar-refractivity contribution is 0.338. The molecule has 0 radical (unpaired) electrons. The normalized spacial score (nSPS) is 32.2. The van der Waals surface area contributed by atoms with E-state index in [-0.39, 0.29) is 0 Å². The number of fused-ring (bicyclic) bond motifs is 2. The summed E-state index contributed by atoms with van der Waals surface area (Å²) in [6.45, 7) is 1.18. The second-order valence-electron chi connectivity index (χ2n) is 5.41. The van der Waals surface area contributed by atoms with E-state index in [9.17, 15) is 0 Å². The highest BCUT2D eigenvalue weighted by atomic mass is 32.1. The van der Waals surface area contributed by atoms with Crippen LogP contribution in [0.3, 0.4) is 0 Å². The van der Waals surface area contributed by atoms with Gasteiger partial charge in [0.05, 0.1) is 0 Å². The molecular weight excluding hydrogens is 218 g/mol. The largest absolute Gasteiger partial charge is 0.383 e. The van der Waals surface area contributed by atoms with Crippen LogP contribution in [0, 0.1) is 17.8 Å². The van der Waals surface area contributed by atoms with Gasteiger partial charge in [-0.2, -0.15) is 4.37 Å². The van der Waals surface area contributed by atoms with Gasteiger partial charge in [-0.15, -0.1) is 0 Å². The van der Waals surface area contributed by atoms with Crippen LogP contribution in [0.15, 0.2) is 6.07 Å². The Balaban J connectivity index is 1.62. The van der Waals surface area contributed by atoms with Gasteiger partial charge in [-0.25, -0.2) is 0 Å². The van der Waals surface area contributed by atoms with Crippen molar-refractivity contribution in [2.24, 2.45) is 17.8 Å². The average Bonchev–Trinajstić information content (AvgIpc) is 2.92. The van der Waals surface area contributed by atoms with Crippen LogP contribution in [0.5, 0.6) is 0 Å². The van der Waals surface area contributed by atoms with Gasteiger partial charge in [-0.3, -0.25) is 0 Å². The minimum atomic E-state index is 0.653. The standard InChI is InChI=1S/C12H19N3S/c1-15(12-6-11(13)14-16-12)7-10-5-8-2-3-9(10)4-8/h6,8-10H,2-5,7H2,1H3,(H2,13,14). The molecule has 3 atom stereocenters. The zero-order valence-corrected chi connectivity index (χ0v) is 10.5. The Morgan fingerprint density at radius 2 is 2.38 bits per heavy atom. The molecule has 2 fully saturated rings. The minimum absolute atomic E-state index is 0.653. The molecule has 1 heterocycles. The first-order chi connectivity index (χ1) is 7.72. The number of hydrogen-bond acceptors (Lipinski definition) is 4. The van der Waals surface area contributed by atoms with Crippen molar-refractivity contribution in [3.8, 4) is 0 Å². The molecule has 0 amide bonds. The SMILES string of the molecule is CN(CC1CC2CCC1C2)c1cc(N)ns1. The second-order valence-corrected chi connectivity index (χ2v) is 6.19. The lowest BCUT2D eigenvalue weighted by Gasteiger charge is -2.27. The van der Waals surface area contributed by atoms with Crippen molar-refractivity contribution in [1.29, 1.82) is 0 Å². The Morgan fingerprint density at radius 1 is 1.50 bits per heavy atom. The summed E-state index contributed by atoms with van der Waals surface area (Å²) >= 11 is 1.51. The maximum atomic E-state index is 5.66. The van der Waals surface area contributed by atoms with E-state index in [1.165, 1.54) is 48.8 Å². The number of aromatic nitrogens is 1. The van der Waals surface area contributed by atoms with Crippen LogP contribution in [0.1, 0.15) is 25.7 Å². The Labute approximate surface area is 101 Å². The van der Waals surface area contributed by atoms with Gasteiger partial charge in [0.1, 0.15) is 10.8 Å². The third-order valence-corrected chi connectivity index (χ3v) is 5.20. The van der Waals surface area contributed by atoms with Crippen LogP contribution < -0.4 is 10.6 Å². The third kappa shape index (κ3) is 1.79. The highest BCUT2D eigenvalue weighted by Gasteiger charge is 2.39. The summed E-state index contributed by atoms with van der Waals surface area (Å²) in [5.74, 6) is 3.60. The molecule has 88 valence electrons. The summed E-state index contributed by atoms with van der Waals surface area (Å²) in [5.41, 5.74) is 5.66. The fraction of sp³-hybridized carbons (Fsp3) is 0.750. The Kier molecular flexibility index (Phi) is 2.54. The molecule has 16 heavy (non-hydrogen) atoms. The summed E-state index contributed by atoms with van der Waals surface area (Å²) in [4.78, 5) is 2.33. The van der Waals surface area contributed by atoms with Crippen molar-refractivity contribution >= 4 is 22.4 Å². The molecule has 0 aromatic carbocycles. The zero-order valence-electron chi connectivity index (χ0n) is 9.72. The van der Waals surface area contributed by atoms with Crippen molar-refractivity contribution in [3.63, 3.8) is 0 Å². The molecule has 2 N–H and O–H groups in total. The van der Waals surface area contributed by atoms with E-state index in [1.54, 1.807) is 0 Å². The first kappa shape index (κ1) is 10.4. The van der Waals surface area contributed by atoms with Gasteiger partial charge in [-0.1, -0.05) is 6.42 Å². The van der Waals surface area contributed by atoms with Crippen LogP contribution in [-0.2, 0) is 0 Å². The van der Waals surface area contributed by atoms with Gasteiger partial charge in [0, 0.05) is 19.7 Å². The van der Waals surface area contributed by atoms with Crippen molar-refractivity contribution in [3.05, 3.63) is 6.07 Å². The van der Waals surface area contributed by atoms with E-state index >= 15 is 0 Å². The molecule has 2 bridgehead atoms. The Morgan fingerprint density at radius 3 is 2.94 bits per heavy atom. The molecule has 0 aliphatic heterocycles. The quantitative estimate of drug-likeness (QED) is 0.878. The van der Waals surface area contributed by atoms with Crippen LogP contribution in [0.4, 0.5) is 10.8 Å². The van der Waals surface area contributed by atoms with Crippen LogP contribution in [-0.4, -0.2) is 18.0 Å². The lowest BCUT2D eigenvalue weighted by atomic mass is 9.88. The van der Waals surface area contributed by atoms with Gasteiger partial charge in [0.15, 0.2) is 0 Å². The predicted octanol–water partition coefficient (Wildman–Crippen LogP) is 2.60. The number of hydrogen-bond donors (Lipinski definition) is 1. The summed E-state index contributed by atoms with van der Waals surface area (Å²) in [7, 11) is 2.17. The van der Waals surface area contributed by atoms with Gasteiger partial charge >= 0.3 is 0 Å². The molecule has 1 aromatic rings. The molecule has 3 rings (SSSR count). The van der Waals surface area contributed by atoms with Crippen molar-refractivity contribution in [2.45, 2.75) is 25.7 Å². The second kappa shape index (κ2) is 3.91. The number of nitrogen functional groups attached to an aromatic ring is 1. The van der Waals surface area contributed by atoms with Gasteiger partial charge in [0.2, 0.25) is 0 Å². The molecule has 4 heteroatoms. The maximum absolute atomic E-state index is 5.66. The smallest absolute Gasteiger partial charge is 0.139 e. The van der Waals surface area contributed by atoms with E-state index in [4.69, 9.17) is 5.73 Å². The highest BCUT2D eigenvalue weighted by molar-refractivity contribution is 7.10. The maximum Gasteiger partial charge on any atom is 0.139 e. The molecule has 2 aliphatic rings. The molecule has 3 unspecified atom stereocenters. The Hall–Kier alpha value is -0.770. The monoisotopic (exact) mass is 237 g/mol. The predicted molar refractivity (Wildman–Crippen MR) is 68.7 cm³/mol. The minimum Gasteiger partial charge on any atom is -0.383 e. The first-order valence-electron chi connectivity index (χ1n) is 6.15. The zero-order chi connectivity index (χ0) is 11.1. The molecule has 1 aromatic heterocycles. The van der Waals surface area contributed by atoms with Crippen LogP contribution in [0.25, 0.3) is 0 Å². The van der Waals surface area contributed by atoms with Gasteiger partial charge < -0.3 is 10.6 Å². The fourth-order valence-corrected chi connectivity index (χ4v) is 4.14. The molecule has 3 nitrogen and oxygen atoms in total. The highest BCUT2D eigenvalue weighted by Crippen LogP contribution is 2.48. The number of rotatable bonds is 3. The number of nitrogens with two attached hydrogens (primary N) is 1. The lowest BCUT2D eigenvalue weighted by Crippen LogP contribution is -2.27. The summed E-state index contributed by atoms with van der Waals surface area (Å²) in [6, 6.07) is 1.98. The van der Waals surface area contributed by atoms with E-state index < -0.39 is 0 Å². The van der Waals surface area contributed by atoms with Gasteiger partial charge in [-0.05, 0) is 48.5 Å².